The average molecular weight is 268 g/mol. The molecule has 96 valence electrons. The van der Waals surface area contributed by atoms with E-state index in [1.54, 1.807) is 0 Å². The first kappa shape index (κ1) is 12.2. The molecule has 0 bridgehead atoms. The van der Waals surface area contributed by atoms with Gasteiger partial charge in [-0.1, -0.05) is 48.5 Å². The van der Waals surface area contributed by atoms with Crippen LogP contribution in [-0.4, -0.2) is 11.7 Å². The summed E-state index contributed by atoms with van der Waals surface area (Å²) in [6, 6.07) is 19.0. The maximum absolute atomic E-state index is 5.43. The number of anilines is 1. The molecule has 1 aliphatic heterocycles. The van der Waals surface area contributed by atoms with Gasteiger partial charge >= 0.3 is 0 Å². The first-order valence-electron chi connectivity index (χ1n) is 6.52. The third kappa shape index (κ3) is 2.61. The second kappa shape index (κ2) is 5.41. The number of para-hydroxylation sites is 1. The fourth-order valence-corrected chi connectivity index (χ4v) is 2.67. The first-order chi connectivity index (χ1) is 9.34. The van der Waals surface area contributed by atoms with E-state index in [0.29, 0.717) is 0 Å². The number of rotatable bonds is 3. The second-order valence-electron chi connectivity index (χ2n) is 4.67. The largest absolute Gasteiger partial charge is 0.358 e. The Morgan fingerprint density at radius 2 is 1.74 bits per heavy atom. The molecule has 2 aromatic carbocycles. The average Bonchev–Trinajstić information content (AvgIpc) is 2.47. The number of thiocarbonyl (C=S) groups is 1. The molecule has 3 rings (SSSR count). The van der Waals surface area contributed by atoms with Crippen molar-refractivity contribution in [2.75, 3.05) is 11.4 Å². The molecule has 2 nitrogen and oxygen atoms in total. The summed E-state index contributed by atoms with van der Waals surface area (Å²) >= 11 is 5.43. The van der Waals surface area contributed by atoms with Crippen molar-refractivity contribution in [3.05, 3.63) is 65.7 Å². The van der Waals surface area contributed by atoms with Crippen LogP contribution in [0.5, 0.6) is 0 Å². The predicted molar refractivity (Wildman–Crippen MR) is 83.4 cm³/mol. The number of hydrogen-bond acceptors (Lipinski definition) is 1. The van der Waals surface area contributed by atoms with Crippen LogP contribution in [0, 0.1) is 0 Å². The predicted octanol–water partition coefficient (Wildman–Crippen LogP) is 3.12. The summed E-state index contributed by atoms with van der Waals surface area (Å²) in [6.45, 7) is 1.74. The molecule has 0 fully saturated rings. The van der Waals surface area contributed by atoms with E-state index in [2.05, 4.69) is 58.7 Å². The van der Waals surface area contributed by atoms with Crippen molar-refractivity contribution in [1.29, 1.82) is 0 Å². The third-order valence-corrected chi connectivity index (χ3v) is 3.79. The maximum Gasteiger partial charge on any atom is 0.173 e. The summed E-state index contributed by atoms with van der Waals surface area (Å²) in [5, 5.41) is 4.11. The number of fused-ring (bicyclic) bond motifs is 1. The van der Waals surface area contributed by atoms with E-state index in [-0.39, 0.29) is 0 Å². The molecule has 0 aromatic heterocycles. The normalized spacial score (nSPS) is 13.9. The van der Waals surface area contributed by atoms with Gasteiger partial charge in [-0.15, -0.1) is 0 Å². The van der Waals surface area contributed by atoms with Crippen molar-refractivity contribution in [2.45, 2.75) is 13.0 Å². The highest BCUT2D eigenvalue weighted by Gasteiger charge is 2.19. The summed E-state index contributed by atoms with van der Waals surface area (Å²) in [5.41, 5.74) is 3.89. The van der Waals surface area contributed by atoms with Gasteiger partial charge in [0.2, 0.25) is 0 Å². The Bertz CT molecular complexity index is 580. The van der Waals surface area contributed by atoms with Crippen LogP contribution in [0.2, 0.25) is 0 Å². The second-order valence-corrected chi connectivity index (χ2v) is 5.06. The molecular weight excluding hydrogens is 252 g/mol. The van der Waals surface area contributed by atoms with Gasteiger partial charge in [0.1, 0.15) is 0 Å². The van der Waals surface area contributed by atoms with E-state index >= 15 is 0 Å². The van der Waals surface area contributed by atoms with Crippen molar-refractivity contribution >= 4 is 23.0 Å². The molecule has 3 heteroatoms. The molecule has 0 saturated heterocycles. The van der Waals surface area contributed by atoms with Crippen LogP contribution >= 0.6 is 12.2 Å². The highest BCUT2D eigenvalue weighted by Crippen LogP contribution is 2.24. The van der Waals surface area contributed by atoms with E-state index in [9.17, 15) is 0 Å². The number of hydrogen-bond donors (Lipinski definition) is 1. The van der Waals surface area contributed by atoms with Gasteiger partial charge in [0.25, 0.3) is 0 Å². The van der Waals surface area contributed by atoms with Crippen molar-refractivity contribution in [2.24, 2.45) is 0 Å². The lowest BCUT2D eigenvalue weighted by molar-refractivity contribution is 0.822. The highest BCUT2D eigenvalue weighted by atomic mass is 32.1. The molecule has 0 atom stereocenters. The Balaban J connectivity index is 1.79. The third-order valence-electron chi connectivity index (χ3n) is 3.42. The van der Waals surface area contributed by atoms with Gasteiger partial charge in [-0.25, -0.2) is 0 Å². The molecular formula is C16H16N2S. The van der Waals surface area contributed by atoms with Crippen molar-refractivity contribution in [3.8, 4) is 0 Å². The fraction of sp³-hybridized carbons (Fsp3) is 0.188. The van der Waals surface area contributed by atoms with E-state index < -0.39 is 0 Å². The zero-order chi connectivity index (χ0) is 13.1. The van der Waals surface area contributed by atoms with E-state index in [4.69, 9.17) is 12.2 Å². The van der Waals surface area contributed by atoms with Crippen LogP contribution in [0.4, 0.5) is 5.69 Å². The Labute approximate surface area is 119 Å². The summed E-state index contributed by atoms with van der Waals surface area (Å²) in [4.78, 5) is 2.20. The van der Waals surface area contributed by atoms with Crippen molar-refractivity contribution in [3.63, 3.8) is 0 Å². The molecule has 1 N–H and O–H groups in total. The number of nitrogens with zero attached hydrogens (tertiary/aromatic N) is 1. The minimum Gasteiger partial charge on any atom is -0.358 e. The van der Waals surface area contributed by atoms with E-state index in [1.165, 1.54) is 16.8 Å². The molecule has 1 aliphatic rings. The van der Waals surface area contributed by atoms with Gasteiger partial charge in [-0.2, -0.15) is 0 Å². The van der Waals surface area contributed by atoms with E-state index in [1.807, 2.05) is 6.07 Å². The van der Waals surface area contributed by atoms with E-state index in [0.717, 1.165) is 24.6 Å². The van der Waals surface area contributed by atoms with Crippen LogP contribution in [0.15, 0.2) is 54.6 Å². The SMILES string of the molecule is S=C1NCc2ccccc2N1CCc1ccccc1. The summed E-state index contributed by atoms with van der Waals surface area (Å²) in [5.74, 6) is 0. The Morgan fingerprint density at radius 3 is 2.58 bits per heavy atom. The Hall–Kier alpha value is -1.87. The van der Waals surface area contributed by atoms with Crippen LogP contribution in [0.3, 0.4) is 0 Å². The minimum absolute atomic E-state index is 0.828. The Kier molecular flexibility index (Phi) is 3.47. The molecule has 0 aliphatic carbocycles. The van der Waals surface area contributed by atoms with Crippen molar-refractivity contribution < 1.29 is 0 Å². The maximum atomic E-state index is 5.43. The Morgan fingerprint density at radius 1 is 1.00 bits per heavy atom. The van der Waals surface area contributed by atoms with Crippen LogP contribution in [0.1, 0.15) is 11.1 Å². The van der Waals surface area contributed by atoms with Gasteiger partial charge in [-0.05, 0) is 35.8 Å². The van der Waals surface area contributed by atoms with Crippen LogP contribution in [0.25, 0.3) is 0 Å². The quantitative estimate of drug-likeness (QED) is 0.861. The molecule has 0 saturated carbocycles. The standard InChI is InChI=1S/C16H16N2S/c19-16-17-12-14-8-4-5-9-15(14)18(16)11-10-13-6-2-1-3-7-13/h1-9H,10-12H2,(H,17,19). The monoisotopic (exact) mass is 268 g/mol. The van der Waals surface area contributed by atoms with Crippen LogP contribution < -0.4 is 10.2 Å². The molecule has 1 heterocycles. The van der Waals surface area contributed by atoms with Gasteiger partial charge in [-0.3, -0.25) is 0 Å². The highest BCUT2D eigenvalue weighted by molar-refractivity contribution is 7.80. The minimum atomic E-state index is 0.828. The molecule has 0 spiro atoms. The molecule has 0 amide bonds. The van der Waals surface area contributed by atoms with Crippen molar-refractivity contribution in [1.82, 2.24) is 5.32 Å². The summed E-state index contributed by atoms with van der Waals surface area (Å²) in [7, 11) is 0. The lowest BCUT2D eigenvalue weighted by atomic mass is 10.1. The van der Waals surface area contributed by atoms with Gasteiger partial charge < -0.3 is 10.2 Å². The number of nitrogens with one attached hydrogen (secondary N) is 1. The summed E-state index contributed by atoms with van der Waals surface area (Å²) in [6.07, 6.45) is 0.997. The van der Waals surface area contributed by atoms with Gasteiger partial charge in [0.15, 0.2) is 5.11 Å². The smallest absolute Gasteiger partial charge is 0.173 e. The number of benzene rings is 2. The first-order valence-corrected chi connectivity index (χ1v) is 6.92. The molecule has 2 aromatic rings. The molecule has 19 heavy (non-hydrogen) atoms. The zero-order valence-electron chi connectivity index (χ0n) is 10.7. The molecule has 0 radical (unpaired) electrons. The fourth-order valence-electron chi connectivity index (χ4n) is 2.41. The molecule has 0 unspecified atom stereocenters. The lowest BCUT2D eigenvalue weighted by Gasteiger charge is -2.32. The summed E-state index contributed by atoms with van der Waals surface area (Å²) < 4.78 is 0. The zero-order valence-corrected chi connectivity index (χ0v) is 11.5. The topological polar surface area (TPSA) is 15.3 Å². The van der Waals surface area contributed by atoms with Gasteiger partial charge in [0, 0.05) is 18.8 Å². The lowest BCUT2D eigenvalue weighted by Crippen LogP contribution is -2.44. The van der Waals surface area contributed by atoms with Gasteiger partial charge in [0.05, 0.1) is 0 Å². The van der Waals surface area contributed by atoms with Crippen LogP contribution in [-0.2, 0) is 13.0 Å².